The molecule has 0 bridgehead atoms. The highest BCUT2D eigenvalue weighted by Gasteiger charge is 2.39. The van der Waals surface area contributed by atoms with Crippen molar-refractivity contribution in [3.8, 4) is 0 Å². The smallest absolute Gasteiger partial charge is 0.262 e. The third-order valence-corrected chi connectivity index (χ3v) is 8.77. The summed E-state index contributed by atoms with van der Waals surface area (Å²) in [6.07, 6.45) is 0.260. The van der Waals surface area contributed by atoms with Gasteiger partial charge in [-0.2, -0.15) is 0 Å². The number of rotatable bonds is 7. The molecule has 0 radical (unpaired) electrons. The maximum atomic E-state index is 13.5. The molecule has 2 aromatic carbocycles. The molecule has 1 aliphatic rings. The number of sulfone groups is 1. The Morgan fingerprint density at radius 3 is 2.14 bits per heavy atom. The first kappa shape index (κ1) is 25.6. The van der Waals surface area contributed by atoms with E-state index in [1.807, 2.05) is 37.3 Å². The number of piperazine rings is 1. The SMILES string of the molecule is Cc1ccc(S(=O)(=O)C(NC(=O)c2cccs2)C(=O)N2CCN(C(=O)Cc3ccccc3)CC2)cc1. The summed E-state index contributed by atoms with van der Waals surface area (Å²) in [5.74, 6) is -1.39. The predicted molar refractivity (Wildman–Crippen MR) is 137 cm³/mol. The van der Waals surface area contributed by atoms with Gasteiger partial charge in [0, 0.05) is 26.2 Å². The van der Waals surface area contributed by atoms with E-state index in [0.29, 0.717) is 4.88 Å². The number of nitrogens with one attached hydrogen (secondary N) is 1. The van der Waals surface area contributed by atoms with E-state index >= 15 is 0 Å². The van der Waals surface area contributed by atoms with Crippen LogP contribution >= 0.6 is 11.3 Å². The van der Waals surface area contributed by atoms with E-state index in [-0.39, 0.29) is 43.4 Å². The lowest BCUT2D eigenvalue weighted by atomic mass is 10.1. The number of nitrogens with zero attached hydrogens (tertiary/aromatic N) is 2. The lowest BCUT2D eigenvalue weighted by molar-refractivity contribution is -0.139. The number of benzene rings is 2. The molecule has 1 aliphatic heterocycles. The fourth-order valence-electron chi connectivity index (χ4n) is 3.96. The number of thiophene rings is 1. The largest absolute Gasteiger partial charge is 0.339 e. The van der Waals surface area contributed by atoms with Gasteiger partial charge in [-0.15, -0.1) is 11.3 Å². The Morgan fingerprint density at radius 2 is 1.53 bits per heavy atom. The summed E-state index contributed by atoms with van der Waals surface area (Å²) in [5.41, 5.74) is 1.78. The molecule has 8 nitrogen and oxygen atoms in total. The van der Waals surface area contributed by atoms with Crippen molar-refractivity contribution >= 4 is 38.9 Å². The predicted octanol–water partition coefficient (Wildman–Crippen LogP) is 2.50. The van der Waals surface area contributed by atoms with Crippen LogP contribution in [-0.4, -0.2) is 67.5 Å². The van der Waals surface area contributed by atoms with Crippen LogP contribution in [0, 0.1) is 6.92 Å². The van der Waals surface area contributed by atoms with E-state index in [1.165, 1.54) is 17.0 Å². The van der Waals surface area contributed by atoms with Crippen molar-refractivity contribution in [1.82, 2.24) is 15.1 Å². The van der Waals surface area contributed by atoms with Crippen LogP contribution in [0.15, 0.2) is 77.0 Å². The first-order valence-corrected chi connectivity index (χ1v) is 13.9. The van der Waals surface area contributed by atoms with Crippen LogP contribution in [0.3, 0.4) is 0 Å². The minimum absolute atomic E-state index is 0.0467. The molecule has 1 aromatic heterocycles. The van der Waals surface area contributed by atoms with Gasteiger partial charge in [-0.25, -0.2) is 8.42 Å². The molecule has 0 aliphatic carbocycles. The normalized spacial score (nSPS) is 14.8. The second kappa shape index (κ2) is 11.0. The number of carbonyl (C=O) groups excluding carboxylic acids is 3. The summed E-state index contributed by atoms with van der Waals surface area (Å²) in [6, 6.07) is 18.8. The highest BCUT2D eigenvalue weighted by atomic mass is 32.2. The number of aryl methyl sites for hydroxylation is 1. The number of hydrogen-bond acceptors (Lipinski definition) is 6. The molecule has 0 spiro atoms. The molecule has 0 saturated carbocycles. The molecule has 3 amide bonds. The summed E-state index contributed by atoms with van der Waals surface area (Å²) in [7, 11) is -4.22. The van der Waals surface area contributed by atoms with E-state index in [9.17, 15) is 22.8 Å². The molecule has 1 atom stereocenters. The van der Waals surface area contributed by atoms with E-state index in [1.54, 1.807) is 34.5 Å². The summed E-state index contributed by atoms with van der Waals surface area (Å²) >= 11 is 1.16. The van der Waals surface area contributed by atoms with E-state index < -0.39 is 27.0 Å². The van der Waals surface area contributed by atoms with E-state index in [2.05, 4.69) is 5.32 Å². The van der Waals surface area contributed by atoms with Crippen LogP contribution in [0.4, 0.5) is 0 Å². The van der Waals surface area contributed by atoms with Gasteiger partial charge in [-0.3, -0.25) is 14.4 Å². The van der Waals surface area contributed by atoms with Crippen molar-refractivity contribution in [1.29, 1.82) is 0 Å². The van der Waals surface area contributed by atoms with Crippen molar-refractivity contribution in [2.24, 2.45) is 0 Å². The molecule has 4 rings (SSSR count). The third-order valence-electron chi connectivity index (χ3n) is 6.03. The second-order valence-electron chi connectivity index (χ2n) is 8.56. The van der Waals surface area contributed by atoms with Gasteiger partial charge < -0.3 is 15.1 Å². The van der Waals surface area contributed by atoms with Crippen LogP contribution in [0.1, 0.15) is 20.8 Å². The van der Waals surface area contributed by atoms with Crippen molar-refractivity contribution in [3.05, 3.63) is 88.1 Å². The van der Waals surface area contributed by atoms with Gasteiger partial charge in [-0.1, -0.05) is 54.1 Å². The maximum Gasteiger partial charge on any atom is 0.262 e. The molecule has 1 unspecified atom stereocenters. The summed E-state index contributed by atoms with van der Waals surface area (Å²) in [4.78, 5) is 42.3. The molecule has 1 saturated heterocycles. The van der Waals surface area contributed by atoms with Crippen LogP contribution in [0.2, 0.25) is 0 Å². The van der Waals surface area contributed by atoms with E-state index in [0.717, 1.165) is 22.5 Å². The van der Waals surface area contributed by atoms with Crippen LogP contribution < -0.4 is 5.32 Å². The van der Waals surface area contributed by atoms with Crippen LogP contribution in [0.5, 0.6) is 0 Å². The van der Waals surface area contributed by atoms with Gasteiger partial charge in [0.05, 0.1) is 16.2 Å². The Kier molecular flexibility index (Phi) is 7.85. The lowest BCUT2D eigenvalue weighted by Gasteiger charge is -2.36. The number of amides is 3. The number of carbonyl (C=O) groups is 3. The van der Waals surface area contributed by atoms with Gasteiger partial charge in [-0.05, 0) is 36.1 Å². The number of hydrogen-bond donors (Lipinski definition) is 1. The molecular weight excluding hydrogens is 498 g/mol. The fourth-order valence-corrected chi connectivity index (χ4v) is 6.05. The maximum absolute atomic E-state index is 13.5. The zero-order valence-electron chi connectivity index (χ0n) is 19.8. The van der Waals surface area contributed by atoms with Gasteiger partial charge >= 0.3 is 0 Å². The van der Waals surface area contributed by atoms with Crippen molar-refractivity contribution in [3.63, 3.8) is 0 Å². The highest BCUT2D eigenvalue weighted by molar-refractivity contribution is 7.92. The Labute approximate surface area is 214 Å². The molecule has 1 fully saturated rings. The first-order chi connectivity index (χ1) is 17.3. The zero-order valence-corrected chi connectivity index (χ0v) is 21.4. The lowest BCUT2D eigenvalue weighted by Crippen LogP contribution is -2.58. The van der Waals surface area contributed by atoms with Crippen molar-refractivity contribution in [2.75, 3.05) is 26.2 Å². The first-order valence-electron chi connectivity index (χ1n) is 11.5. The van der Waals surface area contributed by atoms with Gasteiger partial charge in [0.2, 0.25) is 21.1 Å². The standard InChI is InChI=1S/C26H27N3O5S2/c1-19-9-11-21(12-10-19)36(33,34)25(27-24(31)22-8-5-17-35-22)26(32)29-15-13-28(14-16-29)23(30)18-20-6-3-2-4-7-20/h2-12,17,25H,13-16,18H2,1H3,(H,27,31). The Balaban J connectivity index is 1.49. The molecule has 2 heterocycles. The molecule has 10 heteroatoms. The molecular formula is C26H27N3O5S2. The average Bonchev–Trinajstić information content (AvgIpc) is 3.43. The second-order valence-corrected chi connectivity index (χ2v) is 11.5. The monoisotopic (exact) mass is 525 g/mol. The van der Waals surface area contributed by atoms with Gasteiger partial charge in [0.25, 0.3) is 11.8 Å². The molecule has 188 valence electrons. The Bertz CT molecular complexity index is 1320. The quantitative estimate of drug-likeness (QED) is 0.511. The summed E-state index contributed by atoms with van der Waals surface area (Å²) in [6.45, 7) is 2.75. The van der Waals surface area contributed by atoms with E-state index in [4.69, 9.17) is 0 Å². The fraction of sp³-hybridized carbons (Fsp3) is 0.269. The highest BCUT2D eigenvalue weighted by Crippen LogP contribution is 2.20. The summed E-state index contributed by atoms with van der Waals surface area (Å²) < 4.78 is 27.0. The third kappa shape index (κ3) is 5.83. The van der Waals surface area contributed by atoms with Crippen LogP contribution in [-0.2, 0) is 25.8 Å². The average molecular weight is 526 g/mol. The zero-order chi connectivity index (χ0) is 25.7. The van der Waals surface area contributed by atoms with Crippen molar-refractivity contribution < 1.29 is 22.8 Å². The molecule has 3 aromatic rings. The minimum Gasteiger partial charge on any atom is -0.339 e. The van der Waals surface area contributed by atoms with Crippen LogP contribution in [0.25, 0.3) is 0 Å². The Hall–Kier alpha value is -3.50. The van der Waals surface area contributed by atoms with Gasteiger partial charge in [0.15, 0.2) is 0 Å². The topological polar surface area (TPSA) is 104 Å². The van der Waals surface area contributed by atoms with Gasteiger partial charge in [0.1, 0.15) is 0 Å². The van der Waals surface area contributed by atoms with Crippen molar-refractivity contribution in [2.45, 2.75) is 23.6 Å². The molecule has 1 N–H and O–H groups in total. The Morgan fingerprint density at radius 1 is 0.889 bits per heavy atom. The molecule has 36 heavy (non-hydrogen) atoms. The summed E-state index contributed by atoms with van der Waals surface area (Å²) in [5, 5.41) is 2.37. The minimum atomic E-state index is -4.22.